The zero-order valence-corrected chi connectivity index (χ0v) is 9.28. The van der Waals surface area contributed by atoms with Crippen LogP contribution in [0.3, 0.4) is 0 Å². The van der Waals surface area contributed by atoms with Gasteiger partial charge in [0.1, 0.15) is 0 Å². The van der Waals surface area contributed by atoms with Gasteiger partial charge in [-0.15, -0.1) is 11.3 Å². The van der Waals surface area contributed by atoms with Crippen molar-refractivity contribution in [3.05, 3.63) is 20.3 Å². The highest BCUT2D eigenvalue weighted by molar-refractivity contribution is 9.10. The number of nitrogens with two attached hydrogens (primary N) is 1. The minimum atomic E-state index is -0.0231. The van der Waals surface area contributed by atoms with Crippen LogP contribution in [0.2, 0.25) is 0 Å². The number of hydrogen-bond donors (Lipinski definition) is 2. The molecule has 0 saturated heterocycles. The highest BCUT2D eigenvalue weighted by Gasteiger charge is 2.09. The molecule has 0 bridgehead atoms. The van der Waals surface area contributed by atoms with Crippen molar-refractivity contribution >= 4 is 27.3 Å². The summed E-state index contributed by atoms with van der Waals surface area (Å²) >= 11 is 5.11. The van der Waals surface area contributed by atoms with Crippen molar-refractivity contribution in [3.63, 3.8) is 0 Å². The third-order valence-electron chi connectivity index (χ3n) is 1.68. The Kier molecular flexibility index (Phi) is 3.71. The number of hydrogen-bond acceptors (Lipinski definition) is 3. The predicted octanol–water partition coefficient (Wildman–Crippen LogP) is 2.20. The minimum absolute atomic E-state index is 0.0231. The van der Waals surface area contributed by atoms with Gasteiger partial charge in [-0.3, -0.25) is 0 Å². The van der Waals surface area contributed by atoms with Gasteiger partial charge in [0.15, 0.2) is 0 Å². The summed E-state index contributed by atoms with van der Waals surface area (Å²) in [6.45, 7) is 2.19. The summed E-state index contributed by atoms with van der Waals surface area (Å²) in [5.74, 6) is 0. The van der Waals surface area contributed by atoms with Gasteiger partial charge < -0.3 is 10.8 Å². The Bertz CT molecular complexity index is 242. The molecule has 0 saturated carbocycles. The van der Waals surface area contributed by atoms with E-state index < -0.39 is 0 Å². The molecule has 0 aromatic carbocycles. The summed E-state index contributed by atoms with van der Waals surface area (Å²) in [4.78, 5) is 2.37. The van der Waals surface area contributed by atoms with E-state index in [1.54, 1.807) is 11.3 Å². The summed E-state index contributed by atoms with van der Waals surface area (Å²) in [5.41, 5.74) is 5.82. The molecule has 0 amide bonds. The van der Waals surface area contributed by atoms with E-state index in [1.165, 1.54) is 4.88 Å². The predicted molar refractivity (Wildman–Crippen MR) is 55.4 cm³/mol. The Hall–Kier alpha value is 0.100. The average molecular weight is 250 g/mol. The van der Waals surface area contributed by atoms with Crippen molar-refractivity contribution in [3.8, 4) is 0 Å². The first-order valence-electron chi connectivity index (χ1n) is 3.77. The fourth-order valence-corrected chi connectivity index (χ4v) is 2.54. The van der Waals surface area contributed by atoms with Crippen LogP contribution in [0.1, 0.15) is 22.2 Å². The molecule has 0 radical (unpaired) electrons. The van der Waals surface area contributed by atoms with Gasteiger partial charge in [0, 0.05) is 26.9 Å². The van der Waals surface area contributed by atoms with Gasteiger partial charge in [0.05, 0.1) is 0 Å². The molecule has 0 spiro atoms. The Morgan fingerprint density at radius 1 is 1.75 bits per heavy atom. The summed E-state index contributed by atoms with van der Waals surface area (Å²) in [7, 11) is 0. The second-order valence-corrected chi connectivity index (χ2v) is 4.81. The molecule has 12 heavy (non-hydrogen) atoms. The number of rotatable bonds is 3. The van der Waals surface area contributed by atoms with Crippen LogP contribution in [0.5, 0.6) is 0 Å². The van der Waals surface area contributed by atoms with Crippen LogP contribution >= 0.6 is 27.3 Å². The van der Waals surface area contributed by atoms with E-state index >= 15 is 0 Å². The molecule has 0 aliphatic rings. The molecule has 68 valence electrons. The maximum Gasteiger partial charge on any atom is 0.0449 e. The third kappa shape index (κ3) is 2.29. The van der Waals surface area contributed by atoms with Crippen molar-refractivity contribution in [2.45, 2.75) is 19.4 Å². The largest absolute Gasteiger partial charge is 0.396 e. The molecule has 1 heterocycles. The lowest BCUT2D eigenvalue weighted by Gasteiger charge is -2.05. The van der Waals surface area contributed by atoms with Gasteiger partial charge in [-0.25, -0.2) is 0 Å². The van der Waals surface area contributed by atoms with Gasteiger partial charge >= 0.3 is 0 Å². The average Bonchev–Trinajstić information content (AvgIpc) is 2.33. The molecule has 1 aromatic rings. The zero-order valence-electron chi connectivity index (χ0n) is 6.88. The fourth-order valence-electron chi connectivity index (χ4n) is 0.946. The Morgan fingerprint density at radius 2 is 2.42 bits per heavy atom. The minimum Gasteiger partial charge on any atom is -0.396 e. The molecule has 1 unspecified atom stereocenters. The smallest absolute Gasteiger partial charge is 0.0449 e. The summed E-state index contributed by atoms with van der Waals surface area (Å²) in [6, 6.07) is 2.00. The van der Waals surface area contributed by atoms with E-state index in [4.69, 9.17) is 10.8 Å². The molecule has 0 aliphatic carbocycles. The first-order chi connectivity index (χ1) is 5.65. The maximum absolute atomic E-state index is 8.69. The van der Waals surface area contributed by atoms with E-state index in [-0.39, 0.29) is 12.6 Å². The number of thiophene rings is 1. The molecule has 1 atom stereocenters. The molecule has 1 rings (SSSR count). The normalized spacial score (nSPS) is 13.3. The van der Waals surface area contributed by atoms with Crippen molar-refractivity contribution < 1.29 is 5.11 Å². The van der Waals surface area contributed by atoms with Crippen LogP contribution in [-0.4, -0.2) is 11.7 Å². The quantitative estimate of drug-likeness (QED) is 0.863. The molecule has 1 aromatic heterocycles. The lowest BCUT2D eigenvalue weighted by atomic mass is 10.2. The van der Waals surface area contributed by atoms with Crippen LogP contribution in [0.15, 0.2) is 10.5 Å². The monoisotopic (exact) mass is 249 g/mol. The van der Waals surface area contributed by atoms with E-state index in [9.17, 15) is 0 Å². The van der Waals surface area contributed by atoms with E-state index in [1.807, 2.05) is 13.0 Å². The fraction of sp³-hybridized carbons (Fsp3) is 0.500. The topological polar surface area (TPSA) is 46.2 Å². The van der Waals surface area contributed by atoms with E-state index in [0.29, 0.717) is 6.42 Å². The van der Waals surface area contributed by atoms with Gasteiger partial charge in [0.25, 0.3) is 0 Å². The number of aliphatic hydroxyl groups is 1. The van der Waals surface area contributed by atoms with Crippen molar-refractivity contribution in [1.82, 2.24) is 0 Å². The maximum atomic E-state index is 8.69. The van der Waals surface area contributed by atoms with Crippen molar-refractivity contribution in [2.24, 2.45) is 5.73 Å². The lowest BCUT2D eigenvalue weighted by molar-refractivity contribution is 0.277. The first kappa shape index (κ1) is 10.2. The second kappa shape index (κ2) is 4.37. The van der Waals surface area contributed by atoms with E-state index in [0.717, 1.165) is 9.35 Å². The molecule has 4 heteroatoms. The summed E-state index contributed by atoms with van der Waals surface area (Å²) in [5, 5.41) is 8.69. The third-order valence-corrected chi connectivity index (χ3v) is 3.95. The van der Waals surface area contributed by atoms with Gasteiger partial charge in [0.2, 0.25) is 0 Å². The molecule has 2 nitrogen and oxygen atoms in total. The van der Waals surface area contributed by atoms with Crippen molar-refractivity contribution in [2.75, 3.05) is 6.61 Å². The van der Waals surface area contributed by atoms with Gasteiger partial charge in [-0.2, -0.15) is 0 Å². The standard InChI is InChI=1S/C8H12BrNOS/c1-5-6(9)4-8(12-5)7(10)2-3-11/h4,7,11H,2-3,10H2,1H3. The Balaban J connectivity index is 2.74. The summed E-state index contributed by atoms with van der Waals surface area (Å²) in [6.07, 6.45) is 0.631. The second-order valence-electron chi connectivity index (χ2n) is 2.67. The zero-order chi connectivity index (χ0) is 9.14. The Morgan fingerprint density at radius 3 is 2.83 bits per heavy atom. The van der Waals surface area contributed by atoms with Crippen molar-refractivity contribution in [1.29, 1.82) is 0 Å². The highest BCUT2D eigenvalue weighted by Crippen LogP contribution is 2.30. The van der Waals surface area contributed by atoms with Crippen LogP contribution in [0.4, 0.5) is 0 Å². The molecular formula is C8H12BrNOS. The first-order valence-corrected chi connectivity index (χ1v) is 5.38. The lowest BCUT2D eigenvalue weighted by Crippen LogP contribution is -2.09. The van der Waals surface area contributed by atoms with Crippen LogP contribution in [-0.2, 0) is 0 Å². The SMILES string of the molecule is Cc1sc(C(N)CCO)cc1Br. The van der Waals surface area contributed by atoms with Gasteiger partial charge in [-0.05, 0) is 35.3 Å². The van der Waals surface area contributed by atoms with Crippen LogP contribution in [0, 0.1) is 6.92 Å². The highest BCUT2D eigenvalue weighted by atomic mass is 79.9. The molecule has 3 N–H and O–H groups in total. The van der Waals surface area contributed by atoms with Crippen LogP contribution in [0.25, 0.3) is 0 Å². The van der Waals surface area contributed by atoms with Crippen LogP contribution < -0.4 is 5.73 Å². The van der Waals surface area contributed by atoms with Gasteiger partial charge in [-0.1, -0.05) is 0 Å². The number of aliphatic hydroxyl groups excluding tert-OH is 1. The molecular weight excluding hydrogens is 238 g/mol. The van der Waals surface area contributed by atoms with E-state index in [2.05, 4.69) is 15.9 Å². The summed E-state index contributed by atoms with van der Waals surface area (Å²) < 4.78 is 1.11. The number of halogens is 1. The molecule has 0 aliphatic heterocycles. The molecule has 0 fully saturated rings. The Labute approximate surface area is 84.5 Å². The number of aryl methyl sites for hydroxylation is 1.